The molecule has 0 fully saturated rings. The van der Waals surface area contributed by atoms with Gasteiger partial charge in [-0.15, -0.1) is 0 Å². The van der Waals surface area contributed by atoms with Crippen molar-refractivity contribution in [2.45, 2.75) is 38.6 Å². The smallest absolute Gasteiger partial charge is 0.265 e. The number of nitrogens with one attached hydrogen (secondary N) is 3. The van der Waals surface area contributed by atoms with Crippen molar-refractivity contribution in [3.05, 3.63) is 65.2 Å². The van der Waals surface area contributed by atoms with E-state index in [9.17, 15) is 13.6 Å². The van der Waals surface area contributed by atoms with E-state index in [1.165, 1.54) is 18.2 Å². The molecule has 0 saturated heterocycles. The lowest BCUT2D eigenvalue weighted by molar-refractivity contribution is -0.130. The number of halogens is 2. The molecule has 2 rings (SSSR count). The van der Waals surface area contributed by atoms with Crippen molar-refractivity contribution in [1.29, 1.82) is 0 Å². The Balaban J connectivity index is 1.69. The van der Waals surface area contributed by atoms with Crippen LogP contribution in [0.15, 0.2) is 42.5 Å². The minimum atomic E-state index is -0.603. The number of carbonyl (C=O) groups excluding carboxylic acids is 1. The molecule has 0 aliphatic carbocycles. The summed E-state index contributed by atoms with van der Waals surface area (Å²) >= 11 is 0. The number of amides is 1. The zero-order valence-electron chi connectivity index (χ0n) is 16.0. The molecule has 0 saturated carbocycles. The molecule has 1 amide bonds. The fourth-order valence-electron chi connectivity index (χ4n) is 2.89. The van der Waals surface area contributed by atoms with E-state index in [2.05, 4.69) is 10.6 Å². The summed E-state index contributed by atoms with van der Waals surface area (Å²) in [7, 11) is 0. The normalized spacial score (nSPS) is 11.9. The van der Waals surface area contributed by atoms with Gasteiger partial charge in [-0.2, -0.15) is 0 Å². The molecule has 0 aliphatic rings. The molecule has 152 valence electrons. The van der Waals surface area contributed by atoms with Gasteiger partial charge in [0.2, 0.25) is 0 Å². The van der Waals surface area contributed by atoms with Gasteiger partial charge in [0.05, 0.1) is 0 Å². The minimum Gasteiger partial charge on any atom is -0.374 e. The average molecular weight is 391 g/mol. The van der Waals surface area contributed by atoms with E-state index in [-0.39, 0.29) is 11.6 Å². The summed E-state index contributed by atoms with van der Waals surface area (Å²) in [6.07, 6.45) is 2.99. The summed E-state index contributed by atoms with van der Waals surface area (Å²) in [4.78, 5) is 11.9. The van der Waals surface area contributed by atoms with Crippen molar-refractivity contribution in [1.82, 2.24) is 10.8 Å². The lowest BCUT2D eigenvalue weighted by Crippen LogP contribution is -2.38. The molecule has 7 heteroatoms. The summed E-state index contributed by atoms with van der Waals surface area (Å²) in [5.41, 5.74) is 3.87. The molecule has 5 nitrogen and oxygen atoms in total. The minimum absolute atomic E-state index is 0.234. The molecule has 4 N–H and O–H groups in total. The van der Waals surface area contributed by atoms with Crippen LogP contribution in [0.3, 0.4) is 0 Å². The molecule has 28 heavy (non-hydrogen) atoms. The third-order valence-corrected chi connectivity index (χ3v) is 4.53. The Hall–Kier alpha value is -2.51. The Bertz CT molecular complexity index is 754. The molecular weight excluding hydrogens is 364 g/mol. The summed E-state index contributed by atoms with van der Waals surface area (Å²) in [5.74, 6) is -1.06. The van der Waals surface area contributed by atoms with Gasteiger partial charge >= 0.3 is 0 Å². The fourth-order valence-corrected chi connectivity index (χ4v) is 2.89. The van der Waals surface area contributed by atoms with Gasteiger partial charge in [-0.1, -0.05) is 12.1 Å². The molecule has 0 unspecified atom stereocenters. The van der Waals surface area contributed by atoms with Gasteiger partial charge in [-0.05, 0) is 87.2 Å². The van der Waals surface area contributed by atoms with Crippen LogP contribution in [0.1, 0.15) is 30.4 Å². The van der Waals surface area contributed by atoms with Crippen LogP contribution in [0, 0.1) is 18.6 Å². The van der Waals surface area contributed by atoms with Gasteiger partial charge in [-0.25, -0.2) is 14.3 Å². The van der Waals surface area contributed by atoms with Crippen molar-refractivity contribution >= 4 is 11.6 Å². The highest BCUT2D eigenvalue weighted by atomic mass is 19.1. The molecule has 0 radical (unpaired) electrons. The number of hydrogen-bond acceptors (Lipinski definition) is 4. The average Bonchev–Trinajstić information content (AvgIpc) is 2.69. The van der Waals surface area contributed by atoms with Crippen LogP contribution >= 0.6 is 0 Å². The lowest BCUT2D eigenvalue weighted by Gasteiger charge is -2.18. The first kappa shape index (κ1) is 21.8. The van der Waals surface area contributed by atoms with Crippen LogP contribution in [0.4, 0.5) is 14.5 Å². The molecular formula is C21H27F2N3O2. The fraction of sp³-hybridized carbons (Fsp3) is 0.381. The van der Waals surface area contributed by atoms with Gasteiger partial charge < -0.3 is 10.6 Å². The molecule has 0 aliphatic heterocycles. The Kier molecular flexibility index (Phi) is 8.84. The highest BCUT2D eigenvalue weighted by Gasteiger charge is 2.17. The molecule has 1 atom stereocenters. The Morgan fingerprint density at radius 3 is 2.50 bits per heavy atom. The van der Waals surface area contributed by atoms with E-state index in [0.29, 0.717) is 17.7 Å². The molecule has 0 bridgehead atoms. The summed E-state index contributed by atoms with van der Waals surface area (Å²) in [6, 6.07) is 10.4. The van der Waals surface area contributed by atoms with Crippen molar-refractivity contribution < 1.29 is 18.8 Å². The van der Waals surface area contributed by atoms with Gasteiger partial charge in [0.1, 0.15) is 17.7 Å². The third-order valence-electron chi connectivity index (χ3n) is 4.53. The predicted octanol–water partition coefficient (Wildman–Crippen LogP) is 3.56. The second kappa shape index (κ2) is 11.4. The summed E-state index contributed by atoms with van der Waals surface area (Å²) in [6.45, 7) is 3.24. The SMILES string of the molecule is Cc1cc(N[C@H](CCCCNCCc2ccc(F)cc2)C(=O)NO)ccc1F. The highest BCUT2D eigenvalue weighted by Crippen LogP contribution is 2.16. The molecule has 0 spiro atoms. The highest BCUT2D eigenvalue weighted by molar-refractivity contribution is 5.83. The quantitative estimate of drug-likeness (QED) is 0.268. The van der Waals surface area contributed by atoms with Crippen molar-refractivity contribution in [3.8, 4) is 0 Å². The van der Waals surface area contributed by atoms with Gasteiger partial charge in [-0.3, -0.25) is 10.0 Å². The number of aryl methyl sites for hydroxylation is 1. The maximum Gasteiger partial charge on any atom is 0.265 e. The number of anilines is 1. The number of rotatable bonds is 11. The number of unbranched alkanes of at least 4 members (excludes halogenated alkanes) is 1. The van der Waals surface area contributed by atoms with Crippen LogP contribution < -0.4 is 16.1 Å². The molecule has 0 heterocycles. The maximum atomic E-state index is 13.4. The maximum absolute atomic E-state index is 13.4. The van der Waals surface area contributed by atoms with Crippen LogP contribution in [0.25, 0.3) is 0 Å². The monoisotopic (exact) mass is 391 g/mol. The summed E-state index contributed by atoms with van der Waals surface area (Å²) < 4.78 is 26.2. The first-order valence-corrected chi connectivity index (χ1v) is 9.41. The van der Waals surface area contributed by atoms with Crippen molar-refractivity contribution in [3.63, 3.8) is 0 Å². The molecule has 2 aromatic carbocycles. The summed E-state index contributed by atoms with van der Waals surface area (Å²) in [5, 5.41) is 15.3. The Morgan fingerprint density at radius 2 is 1.82 bits per heavy atom. The zero-order valence-corrected chi connectivity index (χ0v) is 16.0. The van der Waals surface area contributed by atoms with E-state index in [0.717, 1.165) is 37.9 Å². The van der Waals surface area contributed by atoms with E-state index >= 15 is 0 Å². The van der Waals surface area contributed by atoms with Gasteiger partial charge in [0.15, 0.2) is 0 Å². The van der Waals surface area contributed by atoms with Crippen molar-refractivity contribution in [2.24, 2.45) is 0 Å². The Morgan fingerprint density at radius 1 is 1.07 bits per heavy atom. The molecule has 2 aromatic rings. The predicted molar refractivity (Wildman–Crippen MR) is 105 cm³/mol. The van der Waals surface area contributed by atoms with Gasteiger partial charge in [0, 0.05) is 5.69 Å². The van der Waals surface area contributed by atoms with Crippen LogP contribution in [0.5, 0.6) is 0 Å². The van der Waals surface area contributed by atoms with E-state index < -0.39 is 11.9 Å². The Labute approximate surface area is 164 Å². The zero-order chi connectivity index (χ0) is 20.4. The van der Waals surface area contributed by atoms with Crippen LogP contribution in [0.2, 0.25) is 0 Å². The first-order chi connectivity index (χ1) is 13.5. The second-order valence-corrected chi connectivity index (χ2v) is 6.76. The van der Waals surface area contributed by atoms with Crippen molar-refractivity contribution in [2.75, 3.05) is 18.4 Å². The van der Waals surface area contributed by atoms with E-state index in [1.54, 1.807) is 36.7 Å². The van der Waals surface area contributed by atoms with Gasteiger partial charge in [0.25, 0.3) is 5.91 Å². The largest absolute Gasteiger partial charge is 0.374 e. The third kappa shape index (κ3) is 7.25. The van der Waals surface area contributed by atoms with E-state index in [4.69, 9.17) is 5.21 Å². The number of hydroxylamine groups is 1. The standard InChI is InChI=1S/C21H27F2N3O2/c1-15-14-18(9-10-19(15)23)25-20(21(27)26-28)4-2-3-12-24-13-11-16-5-7-17(22)8-6-16/h5-10,14,20,24-25,28H,2-4,11-13H2,1H3,(H,26,27)/t20-/m1/s1. The number of benzene rings is 2. The second-order valence-electron chi connectivity index (χ2n) is 6.76. The number of carbonyl (C=O) groups is 1. The number of hydrogen-bond donors (Lipinski definition) is 4. The topological polar surface area (TPSA) is 73.4 Å². The lowest BCUT2D eigenvalue weighted by atomic mass is 10.1. The van der Waals surface area contributed by atoms with Crippen LogP contribution in [-0.2, 0) is 11.2 Å². The van der Waals surface area contributed by atoms with Crippen LogP contribution in [-0.4, -0.2) is 30.2 Å². The van der Waals surface area contributed by atoms with E-state index in [1.807, 2.05) is 0 Å². The first-order valence-electron chi connectivity index (χ1n) is 9.41. The molecule has 0 aromatic heterocycles.